The molecule has 5 nitrogen and oxygen atoms in total. The van der Waals surface area contributed by atoms with E-state index in [1.54, 1.807) is 6.20 Å². The average Bonchev–Trinajstić information content (AvgIpc) is 2.76. The Kier molecular flexibility index (Phi) is 4.01. The molecular weight excluding hydrogens is 232 g/mol. The van der Waals surface area contributed by atoms with Gasteiger partial charge in [-0.1, -0.05) is 6.42 Å². The summed E-state index contributed by atoms with van der Waals surface area (Å²) in [6, 6.07) is 0.262. The van der Waals surface area contributed by atoms with Crippen molar-refractivity contribution < 1.29 is 14.3 Å². The van der Waals surface area contributed by atoms with Crippen molar-refractivity contribution in [2.75, 3.05) is 0 Å². The molecule has 0 radical (unpaired) electrons. The SMILES string of the molecule is Cc1cnc(C(C)NC2CCCC(C(=O)O)C2)o1. The molecule has 1 heterocycles. The number of hydrogen-bond acceptors (Lipinski definition) is 4. The standard InChI is InChI=1S/C13H20N2O3/c1-8-7-14-12(18-8)9(2)15-11-5-3-4-10(6-11)13(16)17/h7,9-11,15H,3-6H2,1-2H3,(H,16,17). The van der Waals surface area contributed by atoms with E-state index in [-0.39, 0.29) is 18.0 Å². The van der Waals surface area contributed by atoms with Gasteiger partial charge in [-0.25, -0.2) is 4.98 Å². The molecule has 1 saturated carbocycles. The van der Waals surface area contributed by atoms with Crippen molar-refractivity contribution >= 4 is 5.97 Å². The van der Waals surface area contributed by atoms with Gasteiger partial charge in [0.1, 0.15) is 5.76 Å². The molecule has 100 valence electrons. The number of aryl methyl sites for hydroxylation is 1. The molecule has 0 amide bonds. The van der Waals surface area contributed by atoms with Crippen LogP contribution in [0.4, 0.5) is 0 Å². The Bertz CT molecular complexity index is 416. The molecule has 5 heteroatoms. The zero-order valence-corrected chi connectivity index (χ0v) is 10.8. The minimum atomic E-state index is -0.680. The lowest BCUT2D eigenvalue weighted by Crippen LogP contribution is -2.37. The van der Waals surface area contributed by atoms with E-state index in [0.29, 0.717) is 12.3 Å². The molecule has 3 atom stereocenters. The van der Waals surface area contributed by atoms with Crippen molar-refractivity contribution in [3.63, 3.8) is 0 Å². The summed E-state index contributed by atoms with van der Waals surface area (Å²) in [5.74, 6) is 0.575. The van der Waals surface area contributed by atoms with E-state index in [1.807, 2.05) is 13.8 Å². The van der Waals surface area contributed by atoms with E-state index in [9.17, 15) is 4.79 Å². The van der Waals surface area contributed by atoms with Crippen LogP contribution in [0, 0.1) is 12.8 Å². The van der Waals surface area contributed by atoms with Gasteiger partial charge in [0.2, 0.25) is 5.89 Å². The summed E-state index contributed by atoms with van der Waals surface area (Å²) in [7, 11) is 0. The number of carbonyl (C=O) groups is 1. The lowest BCUT2D eigenvalue weighted by Gasteiger charge is -2.29. The molecule has 18 heavy (non-hydrogen) atoms. The number of oxazole rings is 1. The second kappa shape index (κ2) is 5.52. The maximum atomic E-state index is 11.0. The number of carboxylic acids is 1. The monoisotopic (exact) mass is 252 g/mol. The second-order valence-corrected chi connectivity index (χ2v) is 5.10. The molecule has 1 aliphatic carbocycles. The fraction of sp³-hybridized carbons (Fsp3) is 0.692. The first-order chi connectivity index (χ1) is 8.56. The molecule has 1 aliphatic rings. The number of aliphatic carboxylic acids is 1. The first-order valence-electron chi connectivity index (χ1n) is 6.47. The number of hydrogen-bond donors (Lipinski definition) is 2. The average molecular weight is 252 g/mol. The van der Waals surface area contributed by atoms with Gasteiger partial charge in [0.05, 0.1) is 18.2 Å². The first-order valence-corrected chi connectivity index (χ1v) is 6.47. The van der Waals surface area contributed by atoms with Gasteiger partial charge in [-0.3, -0.25) is 4.79 Å². The quantitative estimate of drug-likeness (QED) is 0.859. The van der Waals surface area contributed by atoms with Gasteiger partial charge in [-0.15, -0.1) is 0 Å². The van der Waals surface area contributed by atoms with Gasteiger partial charge < -0.3 is 14.8 Å². The van der Waals surface area contributed by atoms with Gasteiger partial charge in [0.15, 0.2) is 0 Å². The molecule has 0 aromatic carbocycles. The number of nitrogens with one attached hydrogen (secondary N) is 1. The predicted molar refractivity (Wildman–Crippen MR) is 66.2 cm³/mol. The Morgan fingerprint density at radius 1 is 1.61 bits per heavy atom. The highest BCUT2D eigenvalue weighted by Crippen LogP contribution is 2.26. The third-order valence-electron chi connectivity index (χ3n) is 3.52. The molecule has 0 saturated heterocycles. The van der Waals surface area contributed by atoms with Crippen LogP contribution in [0.3, 0.4) is 0 Å². The topological polar surface area (TPSA) is 75.4 Å². The van der Waals surface area contributed by atoms with E-state index < -0.39 is 5.97 Å². The van der Waals surface area contributed by atoms with Crippen LogP contribution in [0.5, 0.6) is 0 Å². The zero-order chi connectivity index (χ0) is 13.1. The lowest BCUT2D eigenvalue weighted by molar-refractivity contribution is -0.143. The Labute approximate surface area is 107 Å². The minimum Gasteiger partial charge on any atom is -0.481 e. The van der Waals surface area contributed by atoms with Crippen molar-refractivity contribution in [2.45, 2.75) is 51.6 Å². The summed E-state index contributed by atoms with van der Waals surface area (Å²) in [4.78, 5) is 15.2. The second-order valence-electron chi connectivity index (χ2n) is 5.10. The molecule has 1 fully saturated rings. The summed E-state index contributed by atoms with van der Waals surface area (Å²) < 4.78 is 5.47. The molecule has 0 spiro atoms. The molecular formula is C13H20N2O3. The van der Waals surface area contributed by atoms with Crippen molar-refractivity contribution in [3.8, 4) is 0 Å². The van der Waals surface area contributed by atoms with E-state index in [4.69, 9.17) is 9.52 Å². The van der Waals surface area contributed by atoms with Crippen molar-refractivity contribution in [1.29, 1.82) is 0 Å². The summed E-state index contributed by atoms with van der Waals surface area (Å²) >= 11 is 0. The summed E-state index contributed by atoms with van der Waals surface area (Å²) in [5.41, 5.74) is 0. The van der Waals surface area contributed by atoms with Gasteiger partial charge in [-0.2, -0.15) is 0 Å². The van der Waals surface area contributed by atoms with Crippen molar-refractivity contribution in [2.24, 2.45) is 5.92 Å². The van der Waals surface area contributed by atoms with E-state index in [2.05, 4.69) is 10.3 Å². The maximum Gasteiger partial charge on any atom is 0.306 e. The Balaban J connectivity index is 1.91. The van der Waals surface area contributed by atoms with E-state index in [0.717, 1.165) is 25.0 Å². The van der Waals surface area contributed by atoms with Crippen LogP contribution in [-0.4, -0.2) is 22.1 Å². The van der Waals surface area contributed by atoms with Gasteiger partial charge >= 0.3 is 5.97 Å². The lowest BCUT2D eigenvalue weighted by atomic mass is 9.85. The summed E-state index contributed by atoms with van der Waals surface area (Å²) in [6.45, 7) is 3.86. The Morgan fingerprint density at radius 3 is 3.00 bits per heavy atom. The highest BCUT2D eigenvalue weighted by molar-refractivity contribution is 5.70. The molecule has 2 N–H and O–H groups in total. The fourth-order valence-electron chi connectivity index (χ4n) is 2.56. The van der Waals surface area contributed by atoms with Crippen LogP contribution in [0.1, 0.15) is 50.3 Å². The van der Waals surface area contributed by atoms with Crippen molar-refractivity contribution in [3.05, 3.63) is 17.8 Å². The molecule has 3 unspecified atom stereocenters. The van der Waals surface area contributed by atoms with Crippen LogP contribution in [0.25, 0.3) is 0 Å². The van der Waals surface area contributed by atoms with Gasteiger partial charge in [0, 0.05) is 6.04 Å². The number of aromatic nitrogens is 1. The maximum absolute atomic E-state index is 11.0. The van der Waals surface area contributed by atoms with Crippen molar-refractivity contribution in [1.82, 2.24) is 10.3 Å². The molecule has 0 aliphatic heterocycles. The third kappa shape index (κ3) is 3.10. The van der Waals surface area contributed by atoms with Crippen LogP contribution < -0.4 is 5.32 Å². The highest BCUT2D eigenvalue weighted by atomic mass is 16.4. The zero-order valence-electron chi connectivity index (χ0n) is 10.8. The first kappa shape index (κ1) is 13.1. The predicted octanol–water partition coefficient (Wildman–Crippen LogP) is 2.28. The Morgan fingerprint density at radius 2 is 2.39 bits per heavy atom. The van der Waals surface area contributed by atoms with Crippen LogP contribution >= 0.6 is 0 Å². The minimum absolute atomic E-state index is 0.0243. The third-order valence-corrected chi connectivity index (χ3v) is 3.52. The summed E-state index contributed by atoms with van der Waals surface area (Å²) in [5, 5.41) is 12.5. The number of rotatable bonds is 4. The molecule has 2 rings (SSSR count). The fourth-order valence-corrected chi connectivity index (χ4v) is 2.56. The van der Waals surface area contributed by atoms with Gasteiger partial charge in [-0.05, 0) is 33.1 Å². The normalized spacial score (nSPS) is 25.9. The van der Waals surface area contributed by atoms with Crippen LogP contribution in [0.15, 0.2) is 10.6 Å². The highest BCUT2D eigenvalue weighted by Gasteiger charge is 2.28. The largest absolute Gasteiger partial charge is 0.481 e. The molecule has 1 aromatic rings. The van der Waals surface area contributed by atoms with E-state index in [1.165, 1.54) is 0 Å². The number of nitrogens with zero attached hydrogens (tertiary/aromatic N) is 1. The molecule has 0 bridgehead atoms. The summed E-state index contributed by atoms with van der Waals surface area (Å²) in [6.07, 6.45) is 5.17. The molecule has 1 aromatic heterocycles. The smallest absolute Gasteiger partial charge is 0.306 e. The van der Waals surface area contributed by atoms with E-state index >= 15 is 0 Å². The Hall–Kier alpha value is -1.36. The van der Waals surface area contributed by atoms with Crippen LogP contribution in [-0.2, 0) is 4.79 Å². The number of carboxylic acid groups (broad SMARTS) is 1. The van der Waals surface area contributed by atoms with Crippen LogP contribution in [0.2, 0.25) is 0 Å². The van der Waals surface area contributed by atoms with Gasteiger partial charge in [0.25, 0.3) is 0 Å².